The number of carbonyl (C=O) groups is 1. The van der Waals surface area contributed by atoms with Gasteiger partial charge in [-0.2, -0.15) is 5.10 Å². The SMILES string of the molecule is CC1CCC(N2CCN(C(=O)Nc3ccc(-c4ncn(C)n4)cc3)CC2)CC1. The number of amides is 2. The topological polar surface area (TPSA) is 66.3 Å². The summed E-state index contributed by atoms with van der Waals surface area (Å²) in [7, 11) is 1.85. The van der Waals surface area contributed by atoms with Crippen molar-refractivity contribution < 1.29 is 4.79 Å². The van der Waals surface area contributed by atoms with E-state index in [4.69, 9.17) is 0 Å². The number of anilines is 1. The maximum Gasteiger partial charge on any atom is 0.321 e. The van der Waals surface area contributed by atoms with Crippen LogP contribution in [0.5, 0.6) is 0 Å². The van der Waals surface area contributed by atoms with Crippen molar-refractivity contribution in [2.75, 3.05) is 31.5 Å². The standard InChI is InChI=1S/C21H30N6O/c1-16-3-9-19(10-4-16)26-11-13-27(14-12-26)21(28)23-18-7-5-17(6-8-18)20-22-15-25(2)24-20/h5-8,15-16,19H,3-4,9-14H2,1-2H3,(H,23,28). The highest BCUT2D eigenvalue weighted by Crippen LogP contribution is 2.27. The second kappa shape index (κ2) is 8.31. The first-order valence-electron chi connectivity index (χ1n) is 10.3. The molecule has 0 unspecified atom stereocenters. The van der Waals surface area contributed by atoms with Crippen LogP contribution in [0, 0.1) is 5.92 Å². The number of nitrogens with one attached hydrogen (secondary N) is 1. The van der Waals surface area contributed by atoms with Crippen LogP contribution in [0.3, 0.4) is 0 Å². The van der Waals surface area contributed by atoms with Crippen LogP contribution in [0.15, 0.2) is 30.6 Å². The fraction of sp³-hybridized carbons (Fsp3) is 0.571. The van der Waals surface area contributed by atoms with Gasteiger partial charge in [-0.15, -0.1) is 0 Å². The van der Waals surface area contributed by atoms with Gasteiger partial charge in [0.15, 0.2) is 5.82 Å². The second-order valence-electron chi connectivity index (χ2n) is 8.19. The normalized spacial score (nSPS) is 23.6. The summed E-state index contributed by atoms with van der Waals surface area (Å²) >= 11 is 0. The molecule has 0 atom stereocenters. The smallest absolute Gasteiger partial charge is 0.321 e. The lowest BCUT2D eigenvalue weighted by molar-refractivity contribution is 0.0864. The van der Waals surface area contributed by atoms with Gasteiger partial charge in [0.05, 0.1) is 0 Å². The Morgan fingerprint density at radius 1 is 1.04 bits per heavy atom. The van der Waals surface area contributed by atoms with Gasteiger partial charge >= 0.3 is 6.03 Å². The Bertz CT molecular complexity index is 785. The molecular formula is C21H30N6O. The molecule has 7 heteroatoms. The molecule has 0 radical (unpaired) electrons. The van der Waals surface area contributed by atoms with E-state index in [1.807, 2.05) is 36.2 Å². The van der Waals surface area contributed by atoms with E-state index < -0.39 is 0 Å². The van der Waals surface area contributed by atoms with Crippen molar-refractivity contribution in [2.45, 2.75) is 38.6 Å². The summed E-state index contributed by atoms with van der Waals surface area (Å²) in [6, 6.07) is 8.39. The Hall–Kier alpha value is -2.41. The molecule has 1 aliphatic heterocycles. The first-order valence-corrected chi connectivity index (χ1v) is 10.3. The maximum atomic E-state index is 12.6. The van der Waals surface area contributed by atoms with Gasteiger partial charge in [0.2, 0.25) is 0 Å². The van der Waals surface area contributed by atoms with E-state index in [1.54, 1.807) is 11.0 Å². The van der Waals surface area contributed by atoms with Gasteiger partial charge in [-0.3, -0.25) is 9.58 Å². The minimum atomic E-state index is -0.0133. The van der Waals surface area contributed by atoms with E-state index in [0.717, 1.165) is 43.3 Å². The molecule has 2 fully saturated rings. The zero-order valence-corrected chi connectivity index (χ0v) is 16.8. The van der Waals surface area contributed by atoms with Gasteiger partial charge in [-0.25, -0.2) is 9.78 Å². The van der Waals surface area contributed by atoms with Gasteiger partial charge < -0.3 is 10.2 Å². The van der Waals surface area contributed by atoms with Crippen molar-refractivity contribution >= 4 is 11.7 Å². The van der Waals surface area contributed by atoms with E-state index in [1.165, 1.54) is 25.7 Å². The molecule has 150 valence electrons. The zero-order valence-electron chi connectivity index (χ0n) is 16.8. The molecular weight excluding hydrogens is 352 g/mol. The molecule has 1 aliphatic carbocycles. The van der Waals surface area contributed by atoms with E-state index >= 15 is 0 Å². The molecule has 1 aromatic carbocycles. The van der Waals surface area contributed by atoms with Gasteiger partial charge in [0.25, 0.3) is 0 Å². The van der Waals surface area contributed by atoms with Gasteiger partial charge in [0, 0.05) is 50.5 Å². The quantitative estimate of drug-likeness (QED) is 0.885. The lowest BCUT2D eigenvalue weighted by atomic mass is 9.86. The largest absolute Gasteiger partial charge is 0.322 e. The molecule has 2 aliphatic rings. The van der Waals surface area contributed by atoms with Crippen molar-refractivity contribution in [3.05, 3.63) is 30.6 Å². The number of nitrogens with zero attached hydrogens (tertiary/aromatic N) is 5. The zero-order chi connectivity index (χ0) is 19.5. The van der Waals surface area contributed by atoms with Crippen LogP contribution in [0.2, 0.25) is 0 Å². The molecule has 0 bridgehead atoms. The highest BCUT2D eigenvalue weighted by Gasteiger charge is 2.28. The summed E-state index contributed by atoms with van der Waals surface area (Å²) in [6.07, 6.45) is 6.99. The van der Waals surface area contributed by atoms with Crippen LogP contribution in [0.4, 0.5) is 10.5 Å². The number of urea groups is 1. The Kier molecular flexibility index (Phi) is 5.62. The number of aryl methyl sites for hydroxylation is 1. The van der Waals surface area contributed by atoms with Crippen molar-refractivity contribution in [2.24, 2.45) is 13.0 Å². The Morgan fingerprint density at radius 3 is 2.32 bits per heavy atom. The third-order valence-corrected chi connectivity index (χ3v) is 6.10. The fourth-order valence-corrected chi connectivity index (χ4v) is 4.27. The van der Waals surface area contributed by atoms with Crippen LogP contribution in [0.25, 0.3) is 11.4 Å². The molecule has 1 aromatic heterocycles. The first kappa shape index (κ1) is 18.9. The molecule has 1 saturated carbocycles. The molecule has 1 saturated heterocycles. The summed E-state index contributed by atoms with van der Waals surface area (Å²) in [5.41, 5.74) is 1.74. The minimum absolute atomic E-state index is 0.0133. The molecule has 1 N–H and O–H groups in total. The van der Waals surface area contributed by atoms with Crippen LogP contribution in [0.1, 0.15) is 32.6 Å². The first-order chi connectivity index (χ1) is 13.6. The van der Waals surface area contributed by atoms with Crippen LogP contribution in [-0.4, -0.2) is 62.8 Å². The van der Waals surface area contributed by atoms with Crippen LogP contribution in [-0.2, 0) is 7.05 Å². The van der Waals surface area contributed by atoms with Crippen molar-refractivity contribution in [1.82, 2.24) is 24.6 Å². The monoisotopic (exact) mass is 382 g/mol. The lowest BCUT2D eigenvalue weighted by Crippen LogP contribution is -2.53. The van der Waals surface area contributed by atoms with Crippen molar-refractivity contribution in [3.8, 4) is 11.4 Å². The number of hydrogen-bond donors (Lipinski definition) is 1. The highest BCUT2D eigenvalue weighted by atomic mass is 16.2. The second-order valence-corrected chi connectivity index (χ2v) is 8.19. The van der Waals surface area contributed by atoms with Gasteiger partial charge in [-0.1, -0.05) is 6.92 Å². The molecule has 0 spiro atoms. The molecule has 2 heterocycles. The van der Waals surface area contributed by atoms with E-state index in [0.29, 0.717) is 11.9 Å². The molecule has 2 amide bonds. The van der Waals surface area contributed by atoms with Crippen molar-refractivity contribution in [3.63, 3.8) is 0 Å². The Labute approximate surface area is 166 Å². The molecule has 4 rings (SSSR count). The number of hydrogen-bond acceptors (Lipinski definition) is 4. The predicted octanol–water partition coefficient (Wildman–Crippen LogP) is 3.21. The number of rotatable bonds is 3. The number of carbonyl (C=O) groups excluding carboxylic acids is 1. The Morgan fingerprint density at radius 2 is 1.71 bits per heavy atom. The van der Waals surface area contributed by atoms with Gasteiger partial charge in [-0.05, 0) is 55.9 Å². The third-order valence-electron chi connectivity index (χ3n) is 6.10. The number of piperazine rings is 1. The van der Waals surface area contributed by atoms with Crippen LogP contribution >= 0.6 is 0 Å². The number of aromatic nitrogens is 3. The van der Waals surface area contributed by atoms with E-state index in [2.05, 4.69) is 27.2 Å². The molecule has 2 aromatic rings. The van der Waals surface area contributed by atoms with Crippen LogP contribution < -0.4 is 5.32 Å². The fourth-order valence-electron chi connectivity index (χ4n) is 4.27. The molecule has 28 heavy (non-hydrogen) atoms. The highest BCUT2D eigenvalue weighted by molar-refractivity contribution is 5.89. The summed E-state index contributed by atoms with van der Waals surface area (Å²) in [5, 5.41) is 7.32. The lowest BCUT2D eigenvalue weighted by Gasteiger charge is -2.41. The summed E-state index contributed by atoms with van der Waals surface area (Å²) in [6.45, 7) is 5.92. The predicted molar refractivity (Wildman–Crippen MR) is 110 cm³/mol. The van der Waals surface area contributed by atoms with Gasteiger partial charge in [0.1, 0.15) is 6.33 Å². The third kappa shape index (κ3) is 4.35. The average Bonchev–Trinajstić information content (AvgIpc) is 3.15. The summed E-state index contributed by atoms with van der Waals surface area (Å²) in [5.74, 6) is 1.57. The van der Waals surface area contributed by atoms with E-state index in [-0.39, 0.29) is 6.03 Å². The average molecular weight is 383 g/mol. The molecule has 7 nitrogen and oxygen atoms in total. The number of benzene rings is 1. The minimum Gasteiger partial charge on any atom is -0.322 e. The maximum absolute atomic E-state index is 12.6. The van der Waals surface area contributed by atoms with Crippen molar-refractivity contribution in [1.29, 1.82) is 0 Å². The Balaban J connectivity index is 1.27. The summed E-state index contributed by atoms with van der Waals surface area (Å²) < 4.78 is 1.68. The summed E-state index contributed by atoms with van der Waals surface area (Å²) in [4.78, 5) is 21.4. The van der Waals surface area contributed by atoms with E-state index in [9.17, 15) is 4.79 Å².